The van der Waals surface area contributed by atoms with Crippen LogP contribution in [0.3, 0.4) is 0 Å². The maximum absolute atomic E-state index is 13.0. The minimum Gasteiger partial charge on any atom is -0.298 e. The smallest absolute Gasteiger partial charge is 0.123 e. The van der Waals surface area contributed by atoms with Crippen LogP contribution in [0.25, 0.3) is 0 Å². The summed E-state index contributed by atoms with van der Waals surface area (Å²) in [6.07, 6.45) is 5.06. The first-order valence-electron chi connectivity index (χ1n) is 5.58. The number of benzene rings is 1. The molecule has 0 aliphatic heterocycles. The number of rotatable bonds is 4. The van der Waals surface area contributed by atoms with Crippen LogP contribution in [-0.2, 0) is 11.4 Å². The van der Waals surface area contributed by atoms with E-state index in [1.807, 2.05) is 0 Å². The maximum atomic E-state index is 13.0. The molecule has 1 aromatic carbocycles. The first kappa shape index (κ1) is 12.0. The molecule has 1 aliphatic rings. The summed E-state index contributed by atoms with van der Waals surface area (Å²) in [6.45, 7) is 0.523. The van der Waals surface area contributed by atoms with E-state index >= 15 is 0 Å². The Morgan fingerprint density at radius 2 is 2.12 bits per heavy atom. The van der Waals surface area contributed by atoms with Gasteiger partial charge in [-0.2, -0.15) is 5.48 Å². The van der Waals surface area contributed by atoms with Gasteiger partial charge in [0.1, 0.15) is 5.82 Å². The summed E-state index contributed by atoms with van der Waals surface area (Å²) in [5.74, 6) is -0.221. The molecule has 1 N–H and O–H groups in total. The Morgan fingerprint density at radius 1 is 1.38 bits per heavy atom. The molecule has 0 spiro atoms. The Labute approximate surface area is 103 Å². The predicted molar refractivity (Wildman–Crippen MR) is 64.3 cm³/mol. The van der Waals surface area contributed by atoms with Crippen molar-refractivity contribution in [3.8, 4) is 0 Å². The highest BCUT2D eigenvalue weighted by molar-refractivity contribution is 9.10. The van der Waals surface area contributed by atoms with Crippen molar-refractivity contribution in [1.82, 2.24) is 5.48 Å². The Bertz CT molecular complexity index is 353. The maximum Gasteiger partial charge on any atom is 0.123 e. The molecule has 1 saturated carbocycles. The first-order valence-corrected chi connectivity index (χ1v) is 6.37. The van der Waals surface area contributed by atoms with Crippen molar-refractivity contribution < 1.29 is 9.23 Å². The van der Waals surface area contributed by atoms with Gasteiger partial charge in [-0.05, 0) is 36.6 Å². The van der Waals surface area contributed by atoms with Crippen molar-refractivity contribution in [2.45, 2.75) is 38.3 Å². The number of hydroxylamine groups is 1. The van der Waals surface area contributed by atoms with Crippen LogP contribution in [0.1, 0.15) is 31.2 Å². The van der Waals surface area contributed by atoms with E-state index in [0.29, 0.717) is 12.6 Å². The second-order valence-corrected chi connectivity index (χ2v) is 4.94. The third-order valence-corrected chi connectivity index (χ3v) is 3.60. The van der Waals surface area contributed by atoms with Crippen LogP contribution in [0.2, 0.25) is 0 Å². The second kappa shape index (κ2) is 5.75. The van der Waals surface area contributed by atoms with Crippen LogP contribution in [0.5, 0.6) is 0 Å². The average molecular weight is 288 g/mol. The van der Waals surface area contributed by atoms with Crippen LogP contribution in [0, 0.1) is 5.82 Å². The van der Waals surface area contributed by atoms with Crippen molar-refractivity contribution in [3.63, 3.8) is 0 Å². The minimum absolute atomic E-state index is 0.221. The third kappa shape index (κ3) is 3.27. The highest BCUT2D eigenvalue weighted by Gasteiger charge is 2.15. The summed E-state index contributed by atoms with van der Waals surface area (Å²) in [6, 6.07) is 4.66. The van der Waals surface area contributed by atoms with Crippen molar-refractivity contribution in [2.24, 2.45) is 0 Å². The van der Waals surface area contributed by atoms with E-state index in [0.717, 1.165) is 22.9 Å². The molecule has 1 aromatic rings. The van der Waals surface area contributed by atoms with Gasteiger partial charge in [-0.1, -0.05) is 28.8 Å². The molecule has 2 nitrogen and oxygen atoms in total. The zero-order valence-electron chi connectivity index (χ0n) is 9.01. The van der Waals surface area contributed by atoms with Gasteiger partial charge in [0.05, 0.1) is 6.10 Å². The van der Waals surface area contributed by atoms with Gasteiger partial charge in [0.25, 0.3) is 0 Å². The molecule has 1 aliphatic carbocycles. The summed E-state index contributed by atoms with van der Waals surface area (Å²) < 4.78 is 13.9. The monoisotopic (exact) mass is 287 g/mol. The number of nitrogens with one attached hydrogen (secondary N) is 1. The van der Waals surface area contributed by atoms with E-state index in [1.54, 1.807) is 6.07 Å². The summed E-state index contributed by atoms with van der Waals surface area (Å²) in [5.41, 5.74) is 3.79. The highest BCUT2D eigenvalue weighted by atomic mass is 79.9. The lowest BCUT2D eigenvalue weighted by atomic mass is 10.2. The van der Waals surface area contributed by atoms with Crippen LogP contribution in [0.15, 0.2) is 22.7 Å². The molecule has 0 bridgehead atoms. The molecule has 2 rings (SSSR count). The lowest BCUT2D eigenvalue weighted by Gasteiger charge is -2.12. The fourth-order valence-corrected chi connectivity index (χ4v) is 2.31. The average Bonchev–Trinajstić information content (AvgIpc) is 2.76. The number of hydrogen-bond acceptors (Lipinski definition) is 2. The lowest BCUT2D eigenvalue weighted by molar-refractivity contribution is -0.0245. The molecule has 88 valence electrons. The summed E-state index contributed by atoms with van der Waals surface area (Å²) in [4.78, 5) is 5.51. The topological polar surface area (TPSA) is 21.3 Å². The Morgan fingerprint density at radius 3 is 2.88 bits per heavy atom. The van der Waals surface area contributed by atoms with E-state index in [2.05, 4.69) is 21.4 Å². The van der Waals surface area contributed by atoms with Crippen LogP contribution in [-0.4, -0.2) is 6.10 Å². The van der Waals surface area contributed by atoms with Gasteiger partial charge in [0.15, 0.2) is 0 Å². The van der Waals surface area contributed by atoms with E-state index in [1.165, 1.54) is 25.0 Å². The molecule has 0 atom stereocenters. The predicted octanol–water partition coefficient (Wildman–Crippen LogP) is 3.55. The molecular weight excluding hydrogens is 273 g/mol. The normalized spacial score (nSPS) is 16.9. The summed E-state index contributed by atoms with van der Waals surface area (Å²) >= 11 is 3.38. The molecule has 0 saturated heterocycles. The standard InChI is InChI=1S/C12H15BrFNO/c13-12-6-5-10(14)7-9(12)8-15-16-11-3-1-2-4-11/h5-7,11,15H,1-4,8H2. The number of hydrogen-bond donors (Lipinski definition) is 1. The first-order chi connectivity index (χ1) is 7.75. The molecule has 1 fully saturated rings. The minimum atomic E-state index is -0.221. The molecule has 4 heteroatoms. The summed E-state index contributed by atoms with van der Waals surface area (Å²) in [5, 5.41) is 0. The lowest BCUT2D eigenvalue weighted by Crippen LogP contribution is -2.21. The zero-order chi connectivity index (χ0) is 11.4. The van der Waals surface area contributed by atoms with Gasteiger partial charge < -0.3 is 0 Å². The second-order valence-electron chi connectivity index (χ2n) is 4.08. The van der Waals surface area contributed by atoms with Gasteiger partial charge in [-0.25, -0.2) is 4.39 Å². The third-order valence-electron chi connectivity index (χ3n) is 2.82. The Kier molecular flexibility index (Phi) is 4.32. The van der Waals surface area contributed by atoms with Crippen molar-refractivity contribution >= 4 is 15.9 Å². The molecule has 0 amide bonds. The van der Waals surface area contributed by atoms with E-state index in [4.69, 9.17) is 4.84 Å². The molecule has 0 unspecified atom stereocenters. The fraction of sp³-hybridized carbons (Fsp3) is 0.500. The number of halogens is 2. The largest absolute Gasteiger partial charge is 0.298 e. The van der Waals surface area contributed by atoms with Gasteiger partial charge >= 0.3 is 0 Å². The van der Waals surface area contributed by atoms with Crippen LogP contribution < -0.4 is 5.48 Å². The quantitative estimate of drug-likeness (QED) is 0.855. The zero-order valence-corrected chi connectivity index (χ0v) is 10.6. The molecule has 16 heavy (non-hydrogen) atoms. The van der Waals surface area contributed by atoms with Gasteiger partial charge in [0, 0.05) is 11.0 Å². The highest BCUT2D eigenvalue weighted by Crippen LogP contribution is 2.21. The Hall–Kier alpha value is -0.450. The summed E-state index contributed by atoms with van der Waals surface area (Å²) in [7, 11) is 0. The van der Waals surface area contributed by atoms with Crippen molar-refractivity contribution in [1.29, 1.82) is 0 Å². The van der Waals surface area contributed by atoms with Gasteiger partial charge in [0.2, 0.25) is 0 Å². The van der Waals surface area contributed by atoms with Crippen LogP contribution in [0.4, 0.5) is 4.39 Å². The Balaban J connectivity index is 1.82. The molecule has 0 aromatic heterocycles. The van der Waals surface area contributed by atoms with Gasteiger partial charge in [-0.3, -0.25) is 4.84 Å². The molecular formula is C12H15BrFNO. The van der Waals surface area contributed by atoms with Crippen LogP contribution >= 0.6 is 15.9 Å². The molecule has 0 heterocycles. The van der Waals surface area contributed by atoms with Crippen molar-refractivity contribution in [3.05, 3.63) is 34.1 Å². The van der Waals surface area contributed by atoms with E-state index in [9.17, 15) is 4.39 Å². The fourth-order valence-electron chi connectivity index (χ4n) is 1.92. The van der Waals surface area contributed by atoms with Gasteiger partial charge in [-0.15, -0.1) is 0 Å². The SMILES string of the molecule is Fc1ccc(Br)c(CNOC2CCCC2)c1. The molecule has 0 radical (unpaired) electrons. The van der Waals surface area contributed by atoms with E-state index < -0.39 is 0 Å². The van der Waals surface area contributed by atoms with E-state index in [-0.39, 0.29) is 5.82 Å². The van der Waals surface area contributed by atoms with Crippen molar-refractivity contribution in [2.75, 3.05) is 0 Å².